The quantitative estimate of drug-likeness (QED) is 0.670. The summed E-state index contributed by atoms with van der Waals surface area (Å²) in [5.41, 5.74) is 2.06. The summed E-state index contributed by atoms with van der Waals surface area (Å²) >= 11 is 0. The maximum Gasteiger partial charge on any atom is 0.323 e. The molecule has 0 spiro atoms. The van der Waals surface area contributed by atoms with Crippen molar-refractivity contribution in [2.75, 3.05) is 23.7 Å². The van der Waals surface area contributed by atoms with E-state index < -0.39 is 0 Å². The predicted molar refractivity (Wildman–Crippen MR) is 113 cm³/mol. The van der Waals surface area contributed by atoms with Crippen LogP contribution in [0, 0.1) is 0 Å². The molecular formula is C23H23N3O2. The molecule has 0 saturated carbocycles. The Balaban J connectivity index is 1.41. The van der Waals surface area contributed by atoms with Gasteiger partial charge in [0.25, 0.3) is 5.91 Å². The van der Waals surface area contributed by atoms with Gasteiger partial charge >= 0.3 is 6.03 Å². The van der Waals surface area contributed by atoms with Gasteiger partial charge in [0.05, 0.1) is 5.69 Å². The lowest BCUT2D eigenvalue weighted by molar-refractivity contribution is 0.0724. The molecule has 0 unspecified atom stereocenters. The highest BCUT2D eigenvalue weighted by Gasteiger charge is 2.18. The minimum Gasteiger partial charge on any atom is -0.339 e. The maximum atomic E-state index is 12.5. The van der Waals surface area contributed by atoms with Crippen molar-refractivity contribution >= 4 is 34.1 Å². The van der Waals surface area contributed by atoms with E-state index in [9.17, 15) is 9.59 Å². The van der Waals surface area contributed by atoms with Crippen LogP contribution >= 0.6 is 0 Å². The van der Waals surface area contributed by atoms with Gasteiger partial charge in [0.2, 0.25) is 0 Å². The number of nitrogens with zero attached hydrogens (tertiary/aromatic N) is 1. The maximum absolute atomic E-state index is 12.5. The number of nitrogens with one attached hydrogen (secondary N) is 2. The number of likely N-dealkylation sites (tertiary alicyclic amines) is 1. The zero-order chi connectivity index (χ0) is 19.3. The molecule has 3 amide bonds. The smallest absolute Gasteiger partial charge is 0.323 e. The van der Waals surface area contributed by atoms with Crippen LogP contribution in [0.3, 0.4) is 0 Å². The van der Waals surface area contributed by atoms with Crippen LogP contribution < -0.4 is 10.6 Å². The third-order valence-electron chi connectivity index (χ3n) is 5.07. The van der Waals surface area contributed by atoms with E-state index in [1.165, 1.54) is 6.42 Å². The minimum atomic E-state index is -0.313. The normalized spacial score (nSPS) is 13.9. The number of piperidine rings is 1. The number of hydrogen-bond donors (Lipinski definition) is 2. The number of anilines is 2. The molecule has 1 fully saturated rings. The molecule has 4 rings (SSSR count). The Labute approximate surface area is 164 Å². The number of hydrogen-bond acceptors (Lipinski definition) is 2. The first kappa shape index (κ1) is 18.0. The van der Waals surface area contributed by atoms with Crippen molar-refractivity contribution in [3.8, 4) is 0 Å². The number of fused-ring (bicyclic) bond motifs is 1. The van der Waals surface area contributed by atoms with Crippen LogP contribution in [-0.4, -0.2) is 29.9 Å². The van der Waals surface area contributed by atoms with E-state index in [1.807, 2.05) is 47.4 Å². The van der Waals surface area contributed by atoms with Gasteiger partial charge in [-0.2, -0.15) is 0 Å². The summed E-state index contributed by atoms with van der Waals surface area (Å²) < 4.78 is 0. The van der Waals surface area contributed by atoms with Crippen LogP contribution in [0.4, 0.5) is 16.2 Å². The Morgan fingerprint density at radius 2 is 1.46 bits per heavy atom. The Kier molecular flexibility index (Phi) is 5.24. The average molecular weight is 373 g/mol. The lowest BCUT2D eigenvalue weighted by atomic mass is 10.1. The molecule has 0 aliphatic carbocycles. The van der Waals surface area contributed by atoms with E-state index >= 15 is 0 Å². The summed E-state index contributed by atoms with van der Waals surface area (Å²) in [6.45, 7) is 1.65. The molecule has 1 aliphatic heterocycles. The fourth-order valence-corrected chi connectivity index (χ4v) is 3.59. The van der Waals surface area contributed by atoms with E-state index in [2.05, 4.69) is 10.6 Å². The molecule has 5 heteroatoms. The van der Waals surface area contributed by atoms with Crippen LogP contribution in [0.15, 0.2) is 66.7 Å². The Hall–Kier alpha value is -3.34. The second-order valence-electron chi connectivity index (χ2n) is 7.04. The number of rotatable bonds is 3. The summed E-state index contributed by atoms with van der Waals surface area (Å²) in [6.07, 6.45) is 3.33. The second kappa shape index (κ2) is 8.13. The summed E-state index contributed by atoms with van der Waals surface area (Å²) in [6, 6.07) is 20.5. The molecule has 28 heavy (non-hydrogen) atoms. The molecular weight excluding hydrogens is 350 g/mol. The highest BCUT2D eigenvalue weighted by molar-refractivity contribution is 6.06. The molecule has 1 heterocycles. The number of urea groups is 1. The van der Waals surface area contributed by atoms with Crippen molar-refractivity contribution in [1.82, 2.24) is 4.90 Å². The summed E-state index contributed by atoms with van der Waals surface area (Å²) in [5.74, 6) is 0.0615. The van der Waals surface area contributed by atoms with Crippen molar-refractivity contribution in [3.05, 3.63) is 72.3 Å². The standard InChI is InChI=1S/C23H23N3O2/c27-22(26-15-4-1-5-16-26)18-11-13-19(14-12-18)24-23(28)25-21-10-6-8-17-7-2-3-9-20(17)21/h2-3,6-14H,1,4-5,15-16H2,(H2,24,25,28). The van der Waals surface area contributed by atoms with E-state index in [-0.39, 0.29) is 11.9 Å². The molecule has 0 radical (unpaired) electrons. The zero-order valence-corrected chi connectivity index (χ0v) is 15.7. The first-order valence-corrected chi connectivity index (χ1v) is 9.66. The Morgan fingerprint density at radius 1 is 0.750 bits per heavy atom. The number of amides is 3. The highest BCUT2D eigenvalue weighted by Crippen LogP contribution is 2.23. The third kappa shape index (κ3) is 3.98. The van der Waals surface area contributed by atoms with E-state index in [1.54, 1.807) is 24.3 Å². The SMILES string of the molecule is O=C(Nc1ccc(C(=O)N2CCCCC2)cc1)Nc1cccc2ccccc12. The fourth-order valence-electron chi connectivity index (χ4n) is 3.59. The molecule has 1 aliphatic rings. The van der Waals surface area contributed by atoms with Gasteiger partial charge in [0.15, 0.2) is 0 Å². The van der Waals surface area contributed by atoms with E-state index in [4.69, 9.17) is 0 Å². The van der Waals surface area contributed by atoms with Gasteiger partial charge in [-0.15, -0.1) is 0 Å². The summed E-state index contributed by atoms with van der Waals surface area (Å²) in [5, 5.41) is 7.78. The first-order chi connectivity index (χ1) is 13.7. The molecule has 0 bridgehead atoms. The van der Waals surface area contributed by atoms with Crippen molar-refractivity contribution in [1.29, 1.82) is 0 Å². The fraction of sp³-hybridized carbons (Fsp3) is 0.217. The second-order valence-corrected chi connectivity index (χ2v) is 7.04. The highest BCUT2D eigenvalue weighted by atomic mass is 16.2. The van der Waals surface area contributed by atoms with Crippen LogP contribution in [0.25, 0.3) is 10.8 Å². The summed E-state index contributed by atoms with van der Waals surface area (Å²) in [7, 11) is 0. The van der Waals surface area contributed by atoms with Gasteiger partial charge in [0, 0.05) is 29.7 Å². The first-order valence-electron chi connectivity index (χ1n) is 9.66. The lowest BCUT2D eigenvalue weighted by Crippen LogP contribution is -2.35. The zero-order valence-electron chi connectivity index (χ0n) is 15.7. The monoisotopic (exact) mass is 373 g/mol. The van der Waals surface area contributed by atoms with Gasteiger partial charge < -0.3 is 15.5 Å². The summed E-state index contributed by atoms with van der Waals surface area (Å²) in [4.78, 5) is 26.8. The van der Waals surface area contributed by atoms with E-state index in [0.717, 1.165) is 42.4 Å². The lowest BCUT2D eigenvalue weighted by Gasteiger charge is -2.26. The number of benzene rings is 3. The van der Waals surface area contributed by atoms with Crippen molar-refractivity contribution in [2.45, 2.75) is 19.3 Å². The van der Waals surface area contributed by atoms with Crippen molar-refractivity contribution in [2.24, 2.45) is 0 Å². The van der Waals surface area contributed by atoms with E-state index in [0.29, 0.717) is 11.3 Å². The van der Waals surface area contributed by atoms with Gasteiger partial charge in [-0.1, -0.05) is 36.4 Å². The Bertz CT molecular complexity index is 987. The predicted octanol–water partition coefficient (Wildman–Crippen LogP) is 5.11. The molecule has 2 N–H and O–H groups in total. The molecule has 0 atom stereocenters. The molecule has 1 saturated heterocycles. The molecule has 0 aromatic heterocycles. The van der Waals surface area contributed by atoms with Crippen LogP contribution in [0.5, 0.6) is 0 Å². The van der Waals surface area contributed by atoms with Gasteiger partial charge in [-0.25, -0.2) is 4.79 Å². The van der Waals surface area contributed by atoms with Crippen LogP contribution in [0.1, 0.15) is 29.6 Å². The van der Waals surface area contributed by atoms with Gasteiger partial charge in [-0.05, 0) is 55.0 Å². The van der Waals surface area contributed by atoms with Crippen LogP contribution in [-0.2, 0) is 0 Å². The number of carbonyl (C=O) groups is 2. The van der Waals surface area contributed by atoms with Crippen molar-refractivity contribution < 1.29 is 9.59 Å². The average Bonchev–Trinajstić information content (AvgIpc) is 2.75. The molecule has 3 aromatic rings. The largest absolute Gasteiger partial charge is 0.339 e. The van der Waals surface area contributed by atoms with Crippen LogP contribution in [0.2, 0.25) is 0 Å². The van der Waals surface area contributed by atoms with Gasteiger partial charge in [0.1, 0.15) is 0 Å². The van der Waals surface area contributed by atoms with Gasteiger partial charge in [-0.3, -0.25) is 4.79 Å². The minimum absolute atomic E-state index is 0.0615. The molecule has 142 valence electrons. The molecule has 3 aromatic carbocycles. The topological polar surface area (TPSA) is 61.4 Å². The van der Waals surface area contributed by atoms with Crippen molar-refractivity contribution in [3.63, 3.8) is 0 Å². The molecule has 5 nitrogen and oxygen atoms in total. The number of carbonyl (C=O) groups excluding carboxylic acids is 2. The Morgan fingerprint density at radius 3 is 2.25 bits per heavy atom. The third-order valence-corrected chi connectivity index (χ3v) is 5.07.